The molecule has 3 rings (SSSR count). The van der Waals surface area contributed by atoms with E-state index in [1.54, 1.807) is 18.2 Å². The highest BCUT2D eigenvalue weighted by atomic mass is 35.5. The number of allylic oxidation sites excluding steroid dienone is 1. The lowest BCUT2D eigenvalue weighted by Gasteiger charge is -2.07. The Balaban J connectivity index is 1.72. The first-order valence-electron chi connectivity index (χ1n) is 7.59. The Morgan fingerprint density at radius 3 is 2.73 bits per heavy atom. The molecule has 0 saturated carbocycles. The molecule has 2 aromatic heterocycles. The second kappa shape index (κ2) is 8.43. The summed E-state index contributed by atoms with van der Waals surface area (Å²) in [5.41, 5.74) is 0.893. The van der Waals surface area contributed by atoms with E-state index in [0.717, 1.165) is 10.6 Å². The van der Waals surface area contributed by atoms with Gasteiger partial charge >= 0.3 is 0 Å². The average Bonchev–Trinajstić information content (AvgIpc) is 3.20. The summed E-state index contributed by atoms with van der Waals surface area (Å²) in [6.07, 6.45) is 1.76. The smallest absolute Gasteiger partial charge is 0.236 e. The largest absolute Gasteiger partial charge is 0.300 e. The van der Waals surface area contributed by atoms with E-state index >= 15 is 0 Å². The molecule has 1 aromatic carbocycles. The predicted molar refractivity (Wildman–Crippen MR) is 105 cm³/mol. The molecule has 0 aliphatic carbocycles. The van der Waals surface area contributed by atoms with Gasteiger partial charge in [-0.2, -0.15) is 0 Å². The molecule has 2 heterocycles. The third-order valence-corrected chi connectivity index (χ3v) is 5.21. The number of amides is 1. The Labute approximate surface area is 163 Å². The molecule has 0 aliphatic heterocycles. The summed E-state index contributed by atoms with van der Waals surface area (Å²) in [7, 11) is 0. The molecule has 0 radical (unpaired) electrons. The fourth-order valence-electron chi connectivity index (χ4n) is 2.13. The average molecular weight is 407 g/mol. The minimum absolute atomic E-state index is 0.174. The lowest BCUT2D eigenvalue weighted by molar-refractivity contribution is -0.113. The number of benzene rings is 1. The number of halogens is 1. The second-order valence-corrected chi connectivity index (χ2v) is 7.74. The first-order chi connectivity index (χ1) is 12.6. The number of carbonyl (C=O) groups excluding carboxylic acids is 1. The van der Waals surface area contributed by atoms with Crippen molar-refractivity contribution in [2.75, 3.05) is 11.1 Å². The fraction of sp³-hybridized carbons (Fsp3) is 0.188. The van der Waals surface area contributed by atoms with Crippen molar-refractivity contribution in [2.45, 2.75) is 18.6 Å². The van der Waals surface area contributed by atoms with E-state index in [-0.39, 0.29) is 11.7 Å². The third-order valence-electron chi connectivity index (χ3n) is 3.24. The third kappa shape index (κ3) is 4.48. The molecule has 1 N–H and O–H groups in total. The van der Waals surface area contributed by atoms with E-state index < -0.39 is 0 Å². The Kier molecular flexibility index (Phi) is 6.02. The van der Waals surface area contributed by atoms with Crippen molar-refractivity contribution in [3.05, 3.63) is 47.0 Å². The Bertz CT molecular complexity index is 921. The number of hydrogen-bond donors (Lipinski definition) is 1. The number of rotatable bonds is 7. The first-order valence-corrected chi connectivity index (χ1v) is 9.77. The van der Waals surface area contributed by atoms with Crippen LogP contribution in [-0.4, -0.2) is 36.6 Å². The molecular weight excluding hydrogens is 392 g/mol. The molecule has 7 nitrogen and oxygen atoms in total. The number of thioether (sulfide) groups is 1. The Hall–Kier alpha value is -2.23. The SMILES string of the molecule is C=CCn1c(SCC(=O)Nc2nnc(C)s2)nnc1-c1ccc(Cl)cc1. The molecule has 0 bridgehead atoms. The summed E-state index contributed by atoms with van der Waals surface area (Å²) in [5, 5.41) is 21.5. The highest BCUT2D eigenvalue weighted by molar-refractivity contribution is 7.99. The van der Waals surface area contributed by atoms with Crippen LogP contribution >= 0.6 is 34.7 Å². The normalized spacial score (nSPS) is 10.7. The number of aromatic nitrogens is 5. The quantitative estimate of drug-likeness (QED) is 0.476. The maximum Gasteiger partial charge on any atom is 0.236 e. The number of nitrogens with one attached hydrogen (secondary N) is 1. The van der Waals surface area contributed by atoms with Crippen LogP contribution in [0, 0.1) is 6.92 Å². The van der Waals surface area contributed by atoms with Gasteiger partial charge in [0.25, 0.3) is 0 Å². The topological polar surface area (TPSA) is 85.6 Å². The molecule has 0 unspecified atom stereocenters. The molecule has 134 valence electrons. The van der Waals surface area contributed by atoms with Gasteiger partial charge in [0.1, 0.15) is 5.01 Å². The van der Waals surface area contributed by atoms with Crippen molar-refractivity contribution >= 4 is 45.7 Å². The first kappa shape index (κ1) is 18.6. The summed E-state index contributed by atoms with van der Waals surface area (Å²) >= 11 is 8.57. The summed E-state index contributed by atoms with van der Waals surface area (Å²) in [4.78, 5) is 12.1. The molecule has 10 heteroatoms. The van der Waals surface area contributed by atoms with E-state index in [4.69, 9.17) is 11.6 Å². The van der Waals surface area contributed by atoms with Gasteiger partial charge in [-0.05, 0) is 31.2 Å². The van der Waals surface area contributed by atoms with Gasteiger partial charge < -0.3 is 0 Å². The van der Waals surface area contributed by atoms with Crippen molar-refractivity contribution in [1.29, 1.82) is 0 Å². The van der Waals surface area contributed by atoms with Gasteiger partial charge in [-0.3, -0.25) is 14.7 Å². The fourth-order valence-corrected chi connectivity index (χ4v) is 3.62. The zero-order valence-electron chi connectivity index (χ0n) is 13.8. The lowest BCUT2D eigenvalue weighted by Crippen LogP contribution is -2.14. The van der Waals surface area contributed by atoms with Crippen molar-refractivity contribution in [3.63, 3.8) is 0 Å². The molecule has 0 fully saturated rings. The van der Waals surface area contributed by atoms with E-state index in [9.17, 15) is 4.79 Å². The van der Waals surface area contributed by atoms with Gasteiger partial charge in [0.2, 0.25) is 11.0 Å². The lowest BCUT2D eigenvalue weighted by atomic mass is 10.2. The van der Waals surface area contributed by atoms with E-state index in [0.29, 0.717) is 27.7 Å². The maximum absolute atomic E-state index is 12.1. The Morgan fingerprint density at radius 2 is 2.08 bits per heavy atom. The number of nitrogens with zero attached hydrogens (tertiary/aromatic N) is 5. The van der Waals surface area contributed by atoms with Gasteiger partial charge in [-0.1, -0.05) is 40.8 Å². The van der Waals surface area contributed by atoms with Crippen molar-refractivity contribution in [2.24, 2.45) is 0 Å². The van der Waals surface area contributed by atoms with Gasteiger partial charge in [0, 0.05) is 17.1 Å². The van der Waals surface area contributed by atoms with Gasteiger partial charge in [-0.15, -0.1) is 27.0 Å². The molecule has 1 amide bonds. The maximum atomic E-state index is 12.1. The molecule has 26 heavy (non-hydrogen) atoms. The van der Waals surface area contributed by atoms with Gasteiger partial charge in [-0.25, -0.2) is 0 Å². The molecule has 3 aromatic rings. The zero-order valence-corrected chi connectivity index (χ0v) is 16.2. The van der Waals surface area contributed by atoms with Crippen LogP contribution in [0.25, 0.3) is 11.4 Å². The zero-order chi connectivity index (χ0) is 18.5. The molecule has 0 aliphatic rings. The summed E-state index contributed by atoms with van der Waals surface area (Å²) in [5.74, 6) is 0.714. The monoisotopic (exact) mass is 406 g/mol. The minimum Gasteiger partial charge on any atom is -0.300 e. The number of aryl methyl sites for hydroxylation is 1. The summed E-state index contributed by atoms with van der Waals surface area (Å²) in [6.45, 7) is 6.14. The predicted octanol–water partition coefficient (Wildman–Crippen LogP) is 3.68. The number of anilines is 1. The van der Waals surface area contributed by atoms with E-state index in [1.807, 2.05) is 23.6 Å². The van der Waals surface area contributed by atoms with Crippen molar-refractivity contribution < 1.29 is 4.79 Å². The van der Waals surface area contributed by atoms with Gasteiger partial charge in [0.15, 0.2) is 11.0 Å². The van der Waals surface area contributed by atoms with Crippen LogP contribution in [0.1, 0.15) is 5.01 Å². The van der Waals surface area contributed by atoms with Crippen LogP contribution in [0.5, 0.6) is 0 Å². The molecule has 0 spiro atoms. The van der Waals surface area contributed by atoms with Crippen LogP contribution in [0.3, 0.4) is 0 Å². The van der Waals surface area contributed by atoms with Crippen LogP contribution in [0.4, 0.5) is 5.13 Å². The van der Waals surface area contributed by atoms with Crippen LogP contribution in [0.15, 0.2) is 42.1 Å². The van der Waals surface area contributed by atoms with Crippen molar-refractivity contribution in [3.8, 4) is 11.4 Å². The Morgan fingerprint density at radius 1 is 1.31 bits per heavy atom. The van der Waals surface area contributed by atoms with E-state index in [2.05, 4.69) is 32.3 Å². The summed E-state index contributed by atoms with van der Waals surface area (Å²) < 4.78 is 1.91. The van der Waals surface area contributed by atoms with E-state index in [1.165, 1.54) is 23.1 Å². The molecule has 0 saturated heterocycles. The second-order valence-electron chi connectivity index (χ2n) is 5.18. The number of hydrogen-bond acceptors (Lipinski definition) is 7. The van der Waals surface area contributed by atoms with Crippen LogP contribution in [0.2, 0.25) is 5.02 Å². The van der Waals surface area contributed by atoms with Crippen LogP contribution < -0.4 is 5.32 Å². The van der Waals surface area contributed by atoms with Crippen molar-refractivity contribution in [1.82, 2.24) is 25.0 Å². The highest BCUT2D eigenvalue weighted by Crippen LogP contribution is 2.25. The molecular formula is C16H15ClN6OS2. The highest BCUT2D eigenvalue weighted by Gasteiger charge is 2.15. The molecule has 0 atom stereocenters. The van der Waals surface area contributed by atoms with Crippen LogP contribution in [-0.2, 0) is 11.3 Å². The number of carbonyl (C=O) groups is 1. The minimum atomic E-state index is -0.174. The summed E-state index contributed by atoms with van der Waals surface area (Å²) in [6, 6.07) is 7.36. The van der Waals surface area contributed by atoms with Gasteiger partial charge in [0.05, 0.1) is 5.75 Å². The standard InChI is InChI=1S/C16H15ClN6OS2/c1-3-8-23-14(11-4-6-12(17)7-5-11)20-22-16(23)25-9-13(24)18-15-21-19-10(2)26-15/h3-7H,1,8-9H2,2H3,(H,18,21,24).